The molecule has 1 heterocycles. The van der Waals surface area contributed by atoms with E-state index in [1.807, 2.05) is 18.4 Å². The highest BCUT2D eigenvalue weighted by Gasteiger charge is 2.19. The van der Waals surface area contributed by atoms with Crippen molar-refractivity contribution in [2.24, 2.45) is 0 Å². The van der Waals surface area contributed by atoms with E-state index >= 15 is 0 Å². The van der Waals surface area contributed by atoms with Crippen LogP contribution in [0.2, 0.25) is 0 Å². The monoisotopic (exact) mass is 351 g/mol. The first kappa shape index (κ1) is 16.0. The van der Waals surface area contributed by atoms with Gasteiger partial charge in [-0.15, -0.1) is 11.8 Å². The van der Waals surface area contributed by atoms with Crippen molar-refractivity contribution in [2.45, 2.75) is 16.2 Å². The minimum Gasteiger partial charge on any atom is -0.490 e. The zero-order valence-electron chi connectivity index (χ0n) is 12.6. The van der Waals surface area contributed by atoms with Crippen LogP contribution in [0.5, 0.6) is 11.5 Å². The van der Waals surface area contributed by atoms with Crippen LogP contribution in [0.1, 0.15) is 6.42 Å². The van der Waals surface area contributed by atoms with Gasteiger partial charge in [-0.05, 0) is 36.6 Å². The summed E-state index contributed by atoms with van der Waals surface area (Å²) in [5, 5.41) is 0. The quantitative estimate of drug-likeness (QED) is 0.856. The van der Waals surface area contributed by atoms with E-state index in [-0.39, 0.29) is 4.90 Å². The molecule has 0 spiro atoms. The molecule has 0 fully saturated rings. The fourth-order valence-corrected chi connectivity index (χ4v) is 3.74. The summed E-state index contributed by atoms with van der Waals surface area (Å²) >= 11 is 1.55. The van der Waals surface area contributed by atoms with Crippen LogP contribution >= 0.6 is 11.8 Å². The van der Waals surface area contributed by atoms with E-state index in [2.05, 4.69) is 4.72 Å². The second kappa shape index (κ2) is 6.72. The van der Waals surface area contributed by atoms with Crippen molar-refractivity contribution in [3.05, 3.63) is 42.5 Å². The molecule has 0 radical (unpaired) electrons. The minimum atomic E-state index is -3.68. The van der Waals surface area contributed by atoms with Crippen LogP contribution in [0.25, 0.3) is 0 Å². The van der Waals surface area contributed by atoms with Gasteiger partial charge in [-0.3, -0.25) is 4.72 Å². The number of fused-ring (bicyclic) bond motifs is 1. The first-order valence-corrected chi connectivity index (χ1v) is 9.86. The number of hydrogen-bond donors (Lipinski definition) is 1. The van der Waals surface area contributed by atoms with Crippen molar-refractivity contribution >= 4 is 27.5 Å². The summed E-state index contributed by atoms with van der Waals surface area (Å²) < 4.78 is 38.8. The predicted molar refractivity (Wildman–Crippen MR) is 91.1 cm³/mol. The molecule has 1 aliphatic heterocycles. The van der Waals surface area contributed by atoms with Crippen molar-refractivity contribution < 1.29 is 17.9 Å². The van der Waals surface area contributed by atoms with Crippen molar-refractivity contribution in [3.63, 3.8) is 0 Å². The van der Waals surface area contributed by atoms with Gasteiger partial charge < -0.3 is 9.47 Å². The molecule has 0 saturated carbocycles. The summed E-state index contributed by atoms with van der Waals surface area (Å²) in [5.41, 5.74) is 0.531. The number of ether oxygens (including phenoxy) is 2. The van der Waals surface area contributed by atoms with Crippen LogP contribution in [0.3, 0.4) is 0 Å². The third-order valence-corrected chi connectivity index (χ3v) is 5.46. The van der Waals surface area contributed by atoms with Gasteiger partial charge in [0.15, 0.2) is 11.5 Å². The van der Waals surface area contributed by atoms with E-state index in [0.29, 0.717) is 30.4 Å². The summed E-state index contributed by atoms with van der Waals surface area (Å²) in [5.74, 6) is 1.04. The van der Waals surface area contributed by atoms with Crippen molar-refractivity contribution in [1.82, 2.24) is 0 Å². The van der Waals surface area contributed by atoms with Crippen LogP contribution < -0.4 is 14.2 Å². The molecule has 1 aliphatic rings. The lowest BCUT2D eigenvalue weighted by atomic mass is 10.3. The van der Waals surface area contributed by atoms with E-state index in [1.54, 1.807) is 30.0 Å². The molecule has 7 heteroatoms. The Morgan fingerprint density at radius 2 is 1.83 bits per heavy atom. The number of thioether (sulfide) groups is 1. The van der Waals surface area contributed by atoms with Crippen molar-refractivity contribution in [3.8, 4) is 11.5 Å². The molecule has 0 atom stereocenters. The number of hydrogen-bond acceptors (Lipinski definition) is 5. The smallest absolute Gasteiger partial charge is 0.262 e. The molecule has 3 rings (SSSR count). The first-order chi connectivity index (χ1) is 11.1. The summed E-state index contributed by atoms with van der Waals surface area (Å²) in [6.45, 7) is 1.08. The van der Waals surface area contributed by atoms with E-state index < -0.39 is 10.0 Å². The highest BCUT2D eigenvalue weighted by atomic mass is 32.2. The second-order valence-corrected chi connectivity index (χ2v) is 7.56. The van der Waals surface area contributed by atoms with Gasteiger partial charge in [0.2, 0.25) is 0 Å². The normalized spacial score (nSPS) is 14.1. The van der Waals surface area contributed by atoms with E-state index in [0.717, 1.165) is 11.3 Å². The molecule has 0 unspecified atom stereocenters. The van der Waals surface area contributed by atoms with Gasteiger partial charge in [0.1, 0.15) is 0 Å². The van der Waals surface area contributed by atoms with Gasteiger partial charge in [-0.1, -0.05) is 6.07 Å². The number of benzene rings is 2. The maximum atomic E-state index is 12.6. The summed E-state index contributed by atoms with van der Waals surface area (Å²) in [7, 11) is -3.68. The molecule has 1 N–H and O–H groups in total. The van der Waals surface area contributed by atoms with Crippen LogP contribution in [0, 0.1) is 0 Å². The van der Waals surface area contributed by atoms with Gasteiger partial charge in [0.25, 0.3) is 10.0 Å². The molecule has 122 valence electrons. The molecule has 0 saturated heterocycles. The van der Waals surface area contributed by atoms with Gasteiger partial charge in [-0.2, -0.15) is 0 Å². The fraction of sp³-hybridized carbons (Fsp3) is 0.250. The van der Waals surface area contributed by atoms with Gasteiger partial charge >= 0.3 is 0 Å². The molecule has 0 amide bonds. The van der Waals surface area contributed by atoms with Gasteiger partial charge in [0.05, 0.1) is 18.1 Å². The second-order valence-electron chi connectivity index (χ2n) is 5.00. The molecule has 23 heavy (non-hydrogen) atoms. The predicted octanol–water partition coefficient (Wildman–Crippen LogP) is 3.37. The lowest BCUT2D eigenvalue weighted by Gasteiger charge is -2.12. The zero-order chi connectivity index (χ0) is 16.3. The Labute approximate surface area is 140 Å². The van der Waals surface area contributed by atoms with E-state index in [4.69, 9.17) is 9.47 Å². The Morgan fingerprint density at radius 1 is 1.04 bits per heavy atom. The molecule has 0 bridgehead atoms. The summed E-state index contributed by atoms with van der Waals surface area (Å²) in [4.78, 5) is 1.14. The molecule has 0 aliphatic carbocycles. The first-order valence-electron chi connectivity index (χ1n) is 7.15. The molecular formula is C16H17NO4S2. The number of nitrogens with one attached hydrogen (secondary N) is 1. The Bertz CT molecular complexity index is 805. The summed E-state index contributed by atoms with van der Waals surface area (Å²) in [6, 6.07) is 11.9. The molecule has 2 aromatic rings. The Kier molecular flexibility index (Phi) is 4.68. The highest BCUT2D eigenvalue weighted by molar-refractivity contribution is 7.98. The lowest BCUT2D eigenvalue weighted by Crippen LogP contribution is -2.13. The maximum Gasteiger partial charge on any atom is 0.262 e. The van der Waals surface area contributed by atoms with Crippen LogP contribution in [0.15, 0.2) is 52.3 Å². The fourth-order valence-electron chi connectivity index (χ4n) is 2.21. The van der Waals surface area contributed by atoms with Crippen molar-refractivity contribution in [2.75, 3.05) is 24.2 Å². The van der Waals surface area contributed by atoms with Gasteiger partial charge in [-0.25, -0.2) is 8.42 Å². The molecule has 0 aromatic heterocycles. The van der Waals surface area contributed by atoms with E-state index in [1.165, 1.54) is 12.1 Å². The maximum absolute atomic E-state index is 12.6. The number of rotatable bonds is 4. The Balaban J connectivity index is 1.88. The third-order valence-electron chi connectivity index (χ3n) is 3.35. The molecular weight excluding hydrogens is 334 g/mol. The average molecular weight is 351 g/mol. The van der Waals surface area contributed by atoms with Crippen LogP contribution in [0.4, 0.5) is 5.69 Å². The zero-order valence-corrected chi connectivity index (χ0v) is 14.2. The Hall–Kier alpha value is -1.86. The number of sulfonamides is 1. The number of anilines is 1. The topological polar surface area (TPSA) is 64.6 Å². The van der Waals surface area contributed by atoms with Crippen LogP contribution in [-0.2, 0) is 10.0 Å². The largest absolute Gasteiger partial charge is 0.490 e. The van der Waals surface area contributed by atoms with E-state index in [9.17, 15) is 8.42 Å². The van der Waals surface area contributed by atoms with Crippen molar-refractivity contribution in [1.29, 1.82) is 0 Å². The van der Waals surface area contributed by atoms with Gasteiger partial charge in [0, 0.05) is 23.1 Å². The van der Waals surface area contributed by atoms with Crippen LogP contribution in [-0.4, -0.2) is 27.9 Å². The minimum absolute atomic E-state index is 0.149. The molecule has 2 aromatic carbocycles. The molecule has 5 nitrogen and oxygen atoms in total. The standard InChI is InChI=1S/C16H17NO4S2/c1-22-13-5-2-4-12(10-13)17-23(18,19)14-6-7-15-16(11-14)21-9-3-8-20-15/h2,4-7,10-11,17H,3,8-9H2,1H3. The third kappa shape index (κ3) is 3.73. The SMILES string of the molecule is CSc1cccc(NS(=O)(=O)c2ccc3c(c2)OCCCO3)c1. The highest BCUT2D eigenvalue weighted by Crippen LogP contribution is 2.32. The lowest BCUT2D eigenvalue weighted by molar-refractivity contribution is 0.297. The summed E-state index contributed by atoms with van der Waals surface area (Å²) in [6.07, 6.45) is 2.72. The Morgan fingerprint density at radius 3 is 2.61 bits per heavy atom. The average Bonchev–Trinajstić information content (AvgIpc) is 2.79.